The lowest BCUT2D eigenvalue weighted by atomic mass is 10.1. The third kappa shape index (κ3) is 6.20. The van der Waals surface area contributed by atoms with E-state index in [1.54, 1.807) is 37.4 Å². The number of hydrazone groups is 1. The molecule has 146 valence electrons. The minimum absolute atomic E-state index is 0.0746. The van der Waals surface area contributed by atoms with Gasteiger partial charge in [0, 0.05) is 17.7 Å². The number of nitrogens with one attached hydrogen (secondary N) is 2. The largest absolute Gasteiger partial charge is 0.497 e. The molecule has 28 heavy (non-hydrogen) atoms. The zero-order valence-corrected chi connectivity index (χ0v) is 15.4. The number of non-ortho nitro benzene ring substituents is 1. The number of benzene rings is 2. The minimum atomic E-state index is -0.798. The summed E-state index contributed by atoms with van der Waals surface area (Å²) >= 11 is 0. The van der Waals surface area contributed by atoms with Gasteiger partial charge in [0.05, 0.1) is 24.7 Å². The van der Waals surface area contributed by atoms with Gasteiger partial charge in [-0.2, -0.15) is 5.10 Å². The number of carbonyl (C=O) groups excluding carboxylic acids is 2. The molecule has 2 aromatic rings. The highest BCUT2D eigenvalue weighted by Crippen LogP contribution is 2.12. The summed E-state index contributed by atoms with van der Waals surface area (Å²) in [6.07, 6.45) is 1.41. The molecule has 0 aromatic heterocycles. The number of rotatable bonds is 8. The number of hydrogen-bond acceptors (Lipinski definition) is 6. The van der Waals surface area contributed by atoms with Crippen molar-refractivity contribution in [1.29, 1.82) is 0 Å². The number of amides is 2. The number of hydrogen-bond donors (Lipinski definition) is 2. The van der Waals surface area contributed by atoms with Crippen LogP contribution in [0, 0.1) is 10.1 Å². The normalized spacial score (nSPS) is 11.6. The lowest BCUT2D eigenvalue weighted by Gasteiger charge is -2.12. The van der Waals surface area contributed by atoms with Gasteiger partial charge in [-0.1, -0.05) is 24.3 Å². The summed E-state index contributed by atoms with van der Waals surface area (Å²) in [5.74, 6) is -0.126. The van der Waals surface area contributed by atoms with Gasteiger partial charge in [0.1, 0.15) is 11.8 Å². The molecular weight excluding hydrogens is 364 g/mol. The monoisotopic (exact) mass is 384 g/mol. The Balaban J connectivity index is 1.83. The predicted octanol–water partition coefficient (Wildman–Crippen LogP) is 1.80. The molecule has 9 heteroatoms. The molecule has 0 bridgehead atoms. The molecule has 2 amide bonds. The van der Waals surface area contributed by atoms with E-state index in [0.29, 0.717) is 11.3 Å². The first-order valence-electron chi connectivity index (χ1n) is 8.38. The molecule has 0 aliphatic heterocycles. The van der Waals surface area contributed by atoms with Crippen molar-refractivity contribution in [1.82, 2.24) is 10.7 Å². The van der Waals surface area contributed by atoms with E-state index < -0.39 is 16.9 Å². The quantitative estimate of drug-likeness (QED) is 0.408. The fraction of sp³-hybridized carbons (Fsp3) is 0.211. The molecule has 0 saturated heterocycles. The Morgan fingerprint density at radius 3 is 2.61 bits per heavy atom. The highest BCUT2D eigenvalue weighted by molar-refractivity contribution is 5.89. The number of carbonyl (C=O) groups is 2. The minimum Gasteiger partial charge on any atom is -0.497 e. The van der Waals surface area contributed by atoms with Crippen LogP contribution >= 0.6 is 0 Å². The first-order valence-corrected chi connectivity index (χ1v) is 8.38. The van der Waals surface area contributed by atoms with Gasteiger partial charge in [0.2, 0.25) is 5.91 Å². The lowest BCUT2D eigenvalue weighted by molar-refractivity contribution is -0.384. The van der Waals surface area contributed by atoms with Crippen LogP contribution in [0.5, 0.6) is 5.75 Å². The molecule has 1 unspecified atom stereocenters. The fourth-order valence-electron chi connectivity index (χ4n) is 2.27. The van der Waals surface area contributed by atoms with E-state index in [0.717, 1.165) is 5.56 Å². The zero-order chi connectivity index (χ0) is 20.5. The van der Waals surface area contributed by atoms with E-state index in [2.05, 4.69) is 15.8 Å². The summed E-state index contributed by atoms with van der Waals surface area (Å²) < 4.78 is 5.06. The summed E-state index contributed by atoms with van der Waals surface area (Å²) in [6.45, 7) is 1.53. The second kappa shape index (κ2) is 9.81. The van der Waals surface area contributed by atoms with E-state index in [1.165, 1.54) is 31.3 Å². The van der Waals surface area contributed by atoms with Crippen LogP contribution in [0.3, 0.4) is 0 Å². The number of nitro groups is 1. The molecule has 2 rings (SSSR count). The van der Waals surface area contributed by atoms with Crippen molar-refractivity contribution in [3.8, 4) is 5.75 Å². The average molecular weight is 384 g/mol. The van der Waals surface area contributed by atoms with Crippen molar-refractivity contribution in [2.75, 3.05) is 7.11 Å². The van der Waals surface area contributed by atoms with E-state index in [1.807, 2.05) is 0 Å². The second-order valence-electron chi connectivity index (χ2n) is 5.90. The highest BCUT2D eigenvalue weighted by Gasteiger charge is 2.15. The van der Waals surface area contributed by atoms with E-state index >= 15 is 0 Å². The maximum Gasteiger partial charge on any atom is 0.270 e. The molecule has 0 radical (unpaired) electrons. The molecule has 2 aromatic carbocycles. The Morgan fingerprint density at radius 2 is 1.96 bits per heavy atom. The number of ether oxygens (including phenoxy) is 1. The van der Waals surface area contributed by atoms with Gasteiger partial charge in [0.15, 0.2) is 0 Å². The zero-order valence-electron chi connectivity index (χ0n) is 15.4. The number of nitrogens with zero attached hydrogens (tertiary/aromatic N) is 2. The molecule has 0 aliphatic carbocycles. The lowest BCUT2D eigenvalue weighted by Crippen LogP contribution is -2.43. The van der Waals surface area contributed by atoms with Crippen molar-refractivity contribution in [2.24, 2.45) is 5.10 Å². The predicted molar refractivity (Wildman–Crippen MR) is 103 cm³/mol. The molecule has 1 atom stereocenters. The van der Waals surface area contributed by atoms with Crippen molar-refractivity contribution < 1.29 is 19.2 Å². The maximum atomic E-state index is 12.1. The van der Waals surface area contributed by atoms with Crippen LogP contribution in [0.4, 0.5) is 5.69 Å². The standard InChI is InChI=1S/C19H20N4O5/c1-13(21-18(24)11-14-6-8-17(28-2)9-7-14)19(25)22-20-12-15-4-3-5-16(10-15)23(26)27/h3-10,12-13H,11H2,1-2H3,(H,21,24)(H,22,25). The van der Waals surface area contributed by atoms with Crippen LogP contribution in [-0.4, -0.2) is 36.1 Å². The molecule has 2 N–H and O–H groups in total. The number of nitro benzene ring substituents is 1. The number of methoxy groups -OCH3 is 1. The summed E-state index contributed by atoms with van der Waals surface area (Å²) in [5, 5.41) is 17.1. The van der Waals surface area contributed by atoms with Gasteiger partial charge in [-0.05, 0) is 24.6 Å². The van der Waals surface area contributed by atoms with Crippen molar-refractivity contribution >= 4 is 23.7 Å². The van der Waals surface area contributed by atoms with Gasteiger partial charge in [0.25, 0.3) is 11.6 Å². The van der Waals surface area contributed by atoms with Crippen LogP contribution in [0.1, 0.15) is 18.1 Å². The topological polar surface area (TPSA) is 123 Å². The Labute approximate surface area is 161 Å². The van der Waals surface area contributed by atoms with Crippen molar-refractivity contribution in [3.63, 3.8) is 0 Å². The molecule has 0 spiro atoms. The summed E-state index contributed by atoms with van der Waals surface area (Å²) in [5.41, 5.74) is 3.47. The van der Waals surface area contributed by atoms with Crippen molar-refractivity contribution in [3.05, 3.63) is 69.8 Å². The van der Waals surface area contributed by atoms with E-state index in [4.69, 9.17) is 4.74 Å². The molecule has 0 aliphatic rings. The van der Waals surface area contributed by atoms with E-state index in [-0.39, 0.29) is 18.0 Å². The van der Waals surface area contributed by atoms with Crippen molar-refractivity contribution in [2.45, 2.75) is 19.4 Å². The van der Waals surface area contributed by atoms with Gasteiger partial charge in [-0.3, -0.25) is 19.7 Å². The molecule has 9 nitrogen and oxygen atoms in total. The second-order valence-corrected chi connectivity index (χ2v) is 5.90. The smallest absolute Gasteiger partial charge is 0.270 e. The van der Waals surface area contributed by atoms with Crippen LogP contribution < -0.4 is 15.5 Å². The van der Waals surface area contributed by atoms with Crippen LogP contribution in [0.2, 0.25) is 0 Å². The molecule has 0 fully saturated rings. The third-order valence-electron chi connectivity index (χ3n) is 3.76. The highest BCUT2D eigenvalue weighted by atomic mass is 16.6. The first-order chi connectivity index (χ1) is 13.4. The SMILES string of the molecule is COc1ccc(CC(=O)NC(C)C(=O)NN=Cc2cccc([N+](=O)[O-])c2)cc1. The molecule has 0 saturated carbocycles. The van der Waals surface area contributed by atoms with Crippen LogP contribution in [0.25, 0.3) is 0 Å². The first kappa shape index (κ1) is 20.6. The Kier molecular flexibility index (Phi) is 7.21. The van der Waals surface area contributed by atoms with E-state index in [9.17, 15) is 19.7 Å². The Bertz CT molecular complexity index is 880. The van der Waals surface area contributed by atoms with Crippen LogP contribution in [-0.2, 0) is 16.0 Å². The Morgan fingerprint density at radius 1 is 1.25 bits per heavy atom. The molecular formula is C19H20N4O5. The summed E-state index contributed by atoms with van der Waals surface area (Å²) in [6, 6.07) is 12.1. The molecule has 0 heterocycles. The summed E-state index contributed by atoms with van der Waals surface area (Å²) in [4.78, 5) is 34.3. The van der Waals surface area contributed by atoms with Gasteiger partial charge in [-0.25, -0.2) is 5.43 Å². The maximum absolute atomic E-state index is 12.1. The Hall–Kier alpha value is -3.75. The van der Waals surface area contributed by atoms with Crippen LogP contribution in [0.15, 0.2) is 53.6 Å². The van der Waals surface area contributed by atoms with Gasteiger partial charge < -0.3 is 10.1 Å². The summed E-state index contributed by atoms with van der Waals surface area (Å²) in [7, 11) is 1.56. The van der Waals surface area contributed by atoms with Gasteiger partial charge in [-0.15, -0.1) is 0 Å². The third-order valence-corrected chi connectivity index (χ3v) is 3.76. The fourth-order valence-corrected chi connectivity index (χ4v) is 2.27. The van der Waals surface area contributed by atoms with Gasteiger partial charge >= 0.3 is 0 Å². The average Bonchev–Trinajstić information content (AvgIpc) is 2.68.